The fourth-order valence-electron chi connectivity index (χ4n) is 1.15. The number of hydrogen-bond donors (Lipinski definition) is 1. The molecular weight excluding hydrogens is 332 g/mol. The molecule has 0 spiro atoms. The Morgan fingerprint density at radius 3 is 2.76 bits per heavy atom. The van der Waals surface area contributed by atoms with Gasteiger partial charge in [-0.1, -0.05) is 11.6 Å². The van der Waals surface area contributed by atoms with Gasteiger partial charge in [-0.2, -0.15) is 4.98 Å². The maximum Gasteiger partial charge on any atom is 0.224 e. The highest BCUT2D eigenvalue weighted by atomic mass is 79.9. The summed E-state index contributed by atoms with van der Waals surface area (Å²) in [4.78, 5) is 7.27. The molecule has 1 aromatic carbocycles. The van der Waals surface area contributed by atoms with Gasteiger partial charge in [0.05, 0.1) is 11.9 Å². The van der Waals surface area contributed by atoms with Gasteiger partial charge in [0.2, 0.25) is 5.28 Å². The lowest BCUT2D eigenvalue weighted by Gasteiger charge is -2.08. The first-order valence-corrected chi connectivity index (χ1v) is 6.01. The number of halogens is 4. The SMILES string of the molecule is Fc1cnc(Cl)nc1Nc1ccc(Cl)cc1Br. The van der Waals surface area contributed by atoms with Crippen LogP contribution in [0.4, 0.5) is 15.9 Å². The van der Waals surface area contributed by atoms with Gasteiger partial charge in [-0.3, -0.25) is 0 Å². The van der Waals surface area contributed by atoms with Crippen LogP contribution in [0.15, 0.2) is 28.9 Å². The molecule has 7 heteroatoms. The summed E-state index contributed by atoms with van der Waals surface area (Å²) in [6.45, 7) is 0. The molecule has 0 amide bonds. The maximum absolute atomic E-state index is 13.4. The van der Waals surface area contributed by atoms with Crippen LogP contribution in [0.2, 0.25) is 10.3 Å². The van der Waals surface area contributed by atoms with Crippen molar-refractivity contribution in [3.8, 4) is 0 Å². The molecule has 2 rings (SSSR count). The summed E-state index contributed by atoms with van der Waals surface area (Å²) in [5.74, 6) is -0.579. The number of nitrogens with one attached hydrogen (secondary N) is 1. The summed E-state index contributed by atoms with van der Waals surface area (Å²) in [5.41, 5.74) is 0.628. The second-order valence-corrected chi connectivity index (χ2v) is 4.71. The normalized spacial score (nSPS) is 10.4. The smallest absolute Gasteiger partial charge is 0.224 e. The van der Waals surface area contributed by atoms with Crippen molar-refractivity contribution in [2.24, 2.45) is 0 Å². The van der Waals surface area contributed by atoms with Crippen LogP contribution in [0.3, 0.4) is 0 Å². The zero-order valence-corrected chi connectivity index (χ0v) is 11.3. The Hall–Kier alpha value is -0.910. The van der Waals surface area contributed by atoms with Gasteiger partial charge in [-0.05, 0) is 45.7 Å². The summed E-state index contributed by atoms with van der Waals surface area (Å²) in [6.07, 6.45) is 1.00. The molecule has 0 aliphatic rings. The first-order valence-electron chi connectivity index (χ1n) is 4.46. The van der Waals surface area contributed by atoms with Crippen molar-refractivity contribution < 1.29 is 4.39 Å². The Balaban J connectivity index is 2.34. The maximum atomic E-state index is 13.4. The Morgan fingerprint density at radius 1 is 1.29 bits per heavy atom. The third-order valence-electron chi connectivity index (χ3n) is 1.90. The van der Waals surface area contributed by atoms with Crippen molar-refractivity contribution in [2.45, 2.75) is 0 Å². The molecule has 88 valence electrons. The van der Waals surface area contributed by atoms with E-state index in [-0.39, 0.29) is 11.1 Å². The van der Waals surface area contributed by atoms with Crippen LogP contribution in [0.5, 0.6) is 0 Å². The lowest BCUT2D eigenvalue weighted by molar-refractivity contribution is 0.619. The van der Waals surface area contributed by atoms with Gasteiger partial charge in [-0.15, -0.1) is 0 Å². The van der Waals surface area contributed by atoms with Crippen molar-refractivity contribution in [1.29, 1.82) is 0 Å². The zero-order chi connectivity index (χ0) is 12.4. The molecule has 3 nitrogen and oxygen atoms in total. The molecule has 0 saturated heterocycles. The minimum atomic E-state index is -0.587. The third-order valence-corrected chi connectivity index (χ3v) is 2.97. The Bertz CT molecular complexity index is 565. The molecule has 17 heavy (non-hydrogen) atoms. The summed E-state index contributed by atoms with van der Waals surface area (Å²) in [7, 11) is 0. The third kappa shape index (κ3) is 3.06. The lowest BCUT2D eigenvalue weighted by Crippen LogP contribution is -1.99. The number of aromatic nitrogens is 2. The van der Waals surface area contributed by atoms with E-state index in [1.807, 2.05) is 0 Å². The van der Waals surface area contributed by atoms with Gasteiger partial charge < -0.3 is 5.32 Å². The van der Waals surface area contributed by atoms with Crippen molar-refractivity contribution in [3.63, 3.8) is 0 Å². The number of benzene rings is 1. The van der Waals surface area contributed by atoms with Crippen molar-refractivity contribution >= 4 is 50.6 Å². The molecule has 0 unspecified atom stereocenters. The van der Waals surface area contributed by atoms with Gasteiger partial charge >= 0.3 is 0 Å². The van der Waals surface area contributed by atoms with Crippen molar-refractivity contribution in [2.75, 3.05) is 5.32 Å². The molecule has 0 fully saturated rings. The highest BCUT2D eigenvalue weighted by Crippen LogP contribution is 2.28. The number of anilines is 2. The zero-order valence-electron chi connectivity index (χ0n) is 8.22. The van der Waals surface area contributed by atoms with Crippen LogP contribution in [0.25, 0.3) is 0 Å². The van der Waals surface area contributed by atoms with Crippen molar-refractivity contribution in [1.82, 2.24) is 9.97 Å². The van der Waals surface area contributed by atoms with Crippen LogP contribution in [-0.2, 0) is 0 Å². The molecule has 1 heterocycles. The van der Waals surface area contributed by atoms with E-state index in [9.17, 15) is 4.39 Å². The second-order valence-electron chi connectivity index (χ2n) is 3.08. The second kappa shape index (κ2) is 5.16. The van der Waals surface area contributed by atoms with Gasteiger partial charge in [0.25, 0.3) is 0 Å². The van der Waals surface area contributed by atoms with E-state index in [2.05, 4.69) is 31.2 Å². The molecule has 0 saturated carbocycles. The van der Waals surface area contributed by atoms with E-state index in [0.29, 0.717) is 15.2 Å². The van der Waals surface area contributed by atoms with E-state index < -0.39 is 5.82 Å². The van der Waals surface area contributed by atoms with Crippen LogP contribution < -0.4 is 5.32 Å². The van der Waals surface area contributed by atoms with E-state index in [1.165, 1.54) is 0 Å². The fourth-order valence-corrected chi connectivity index (χ4v) is 2.07. The Kier molecular flexibility index (Phi) is 3.81. The van der Waals surface area contributed by atoms with E-state index in [1.54, 1.807) is 18.2 Å². The molecular formula is C10H5BrCl2FN3. The highest BCUT2D eigenvalue weighted by Gasteiger charge is 2.08. The van der Waals surface area contributed by atoms with Crippen molar-refractivity contribution in [3.05, 3.63) is 45.0 Å². The standard InChI is InChI=1S/C10H5BrCl2FN3/c11-6-3-5(12)1-2-8(6)16-9-7(14)4-15-10(13)17-9/h1-4H,(H,15,16,17). The quantitative estimate of drug-likeness (QED) is 0.824. The number of hydrogen-bond acceptors (Lipinski definition) is 3. The van der Waals surface area contributed by atoms with Gasteiger partial charge in [0.1, 0.15) is 0 Å². The molecule has 0 bridgehead atoms. The first kappa shape index (κ1) is 12.5. The first-order chi connectivity index (χ1) is 8.06. The molecule has 0 radical (unpaired) electrons. The Morgan fingerprint density at radius 2 is 2.06 bits per heavy atom. The van der Waals surface area contributed by atoms with E-state index >= 15 is 0 Å². The monoisotopic (exact) mass is 335 g/mol. The van der Waals surface area contributed by atoms with Crippen LogP contribution in [0.1, 0.15) is 0 Å². The molecule has 0 aliphatic heterocycles. The molecule has 1 N–H and O–H groups in total. The molecule has 1 aromatic heterocycles. The summed E-state index contributed by atoms with van der Waals surface area (Å²) in [6, 6.07) is 5.06. The summed E-state index contributed by atoms with van der Waals surface area (Å²) in [5, 5.41) is 3.34. The average molecular weight is 337 g/mol. The van der Waals surface area contributed by atoms with Crippen LogP contribution >= 0.6 is 39.1 Å². The minimum absolute atomic E-state index is 0.00743. The van der Waals surface area contributed by atoms with Gasteiger partial charge in [0.15, 0.2) is 11.6 Å². The van der Waals surface area contributed by atoms with E-state index in [0.717, 1.165) is 6.20 Å². The molecule has 0 atom stereocenters. The summed E-state index contributed by atoms with van der Waals surface area (Å²) >= 11 is 14.7. The van der Waals surface area contributed by atoms with Gasteiger partial charge in [-0.25, -0.2) is 9.37 Å². The largest absolute Gasteiger partial charge is 0.337 e. The number of rotatable bonds is 2. The van der Waals surface area contributed by atoms with Crippen LogP contribution in [-0.4, -0.2) is 9.97 Å². The predicted octanol–water partition coefficient (Wildman–Crippen LogP) is 4.43. The predicted molar refractivity (Wildman–Crippen MR) is 69.4 cm³/mol. The highest BCUT2D eigenvalue weighted by molar-refractivity contribution is 9.10. The van der Waals surface area contributed by atoms with Crippen LogP contribution in [0, 0.1) is 5.82 Å². The minimum Gasteiger partial charge on any atom is -0.337 e. The topological polar surface area (TPSA) is 37.8 Å². The lowest BCUT2D eigenvalue weighted by atomic mass is 10.3. The number of nitrogens with zero attached hydrogens (tertiary/aromatic N) is 2. The molecule has 2 aromatic rings. The Labute approximate surface area is 115 Å². The summed E-state index contributed by atoms with van der Waals surface area (Å²) < 4.78 is 14.1. The van der Waals surface area contributed by atoms with E-state index in [4.69, 9.17) is 23.2 Å². The average Bonchev–Trinajstić information content (AvgIpc) is 2.27. The molecule has 0 aliphatic carbocycles. The fraction of sp³-hybridized carbons (Fsp3) is 0. The van der Waals surface area contributed by atoms with Gasteiger partial charge in [0, 0.05) is 9.50 Å².